The van der Waals surface area contributed by atoms with Gasteiger partial charge in [0.25, 0.3) is 10.2 Å². The van der Waals surface area contributed by atoms with Gasteiger partial charge in [-0.3, -0.25) is 4.72 Å². The van der Waals surface area contributed by atoms with Crippen molar-refractivity contribution in [3.8, 4) is 5.75 Å². The molecule has 0 aliphatic rings. The van der Waals surface area contributed by atoms with Crippen molar-refractivity contribution in [2.24, 2.45) is 0 Å². The molecule has 0 saturated carbocycles. The summed E-state index contributed by atoms with van der Waals surface area (Å²) in [5.41, 5.74) is 0.0423. The van der Waals surface area contributed by atoms with E-state index in [1.54, 1.807) is 13.8 Å². The zero-order valence-corrected chi connectivity index (χ0v) is 10.4. The highest BCUT2D eigenvalue weighted by atomic mass is 35.5. The molecule has 0 fully saturated rings. The van der Waals surface area contributed by atoms with Crippen molar-refractivity contribution in [1.82, 2.24) is 4.72 Å². The molecule has 5 nitrogen and oxygen atoms in total. The van der Waals surface area contributed by atoms with E-state index >= 15 is 0 Å². The first kappa shape index (κ1) is 13.1. The van der Waals surface area contributed by atoms with Crippen LogP contribution in [-0.4, -0.2) is 19.6 Å². The summed E-state index contributed by atoms with van der Waals surface area (Å²) in [6.07, 6.45) is 0. The smallest absolute Gasteiger partial charge is 0.299 e. The Morgan fingerprint density at radius 1 is 1.38 bits per heavy atom. The summed E-state index contributed by atoms with van der Waals surface area (Å²) in [6, 6.07) is 4.18. The number of rotatable bonds is 4. The molecule has 1 aromatic carbocycles. The SMILES string of the molecule is CC(C)NS(=O)(=O)Nc1cccc(Cl)c1O. The van der Waals surface area contributed by atoms with E-state index in [0.717, 1.165) is 0 Å². The Balaban J connectivity index is 2.93. The van der Waals surface area contributed by atoms with Crippen LogP contribution in [0.4, 0.5) is 5.69 Å². The molecule has 0 bridgehead atoms. The number of phenolic OH excluding ortho intramolecular Hbond substituents is 1. The van der Waals surface area contributed by atoms with Crippen molar-refractivity contribution in [2.75, 3.05) is 4.72 Å². The van der Waals surface area contributed by atoms with Crippen molar-refractivity contribution in [3.05, 3.63) is 23.2 Å². The largest absolute Gasteiger partial charge is 0.504 e. The van der Waals surface area contributed by atoms with Crippen LogP contribution in [0.3, 0.4) is 0 Å². The lowest BCUT2D eigenvalue weighted by Gasteiger charge is -2.12. The summed E-state index contributed by atoms with van der Waals surface area (Å²) in [6.45, 7) is 3.38. The molecule has 0 saturated heterocycles. The Labute approximate surface area is 99.6 Å². The third-order valence-electron chi connectivity index (χ3n) is 1.62. The first-order chi connectivity index (χ1) is 7.32. The normalized spacial score (nSPS) is 11.8. The fourth-order valence-electron chi connectivity index (χ4n) is 1.08. The molecule has 0 aromatic heterocycles. The molecule has 0 heterocycles. The van der Waals surface area contributed by atoms with Gasteiger partial charge in [-0.2, -0.15) is 13.1 Å². The molecule has 0 unspecified atom stereocenters. The minimum atomic E-state index is -3.69. The topological polar surface area (TPSA) is 78.4 Å². The van der Waals surface area contributed by atoms with Crippen LogP contribution in [0.2, 0.25) is 5.02 Å². The van der Waals surface area contributed by atoms with Crippen molar-refractivity contribution >= 4 is 27.5 Å². The molecule has 90 valence electrons. The van der Waals surface area contributed by atoms with Gasteiger partial charge in [0.05, 0.1) is 10.7 Å². The zero-order valence-electron chi connectivity index (χ0n) is 8.86. The zero-order chi connectivity index (χ0) is 12.3. The quantitative estimate of drug-likeness (QED) is 0.725. The predicted octanol–water partition coefficient (Wildman–Crippen LogP) is 1.70. The average Bonchev–Trinajstić information content (AvgIpc) is 2.10. The summed E-state index contributed by atoms with van der Waals surface area (Å²) in [5, 5.41) is 9.60. The maximum atomic E-state index is 11.5. The summed E-state index contributed by atoms with van der Waals surface area (Å²) < 4.78 is 27.5. The van der Waals surface area contributed by atoms with Gasteiger partial charge in [0.15, 0.2) is 5.75 Å². The van der Waals surface area contributed by atoms with Gasteiger partial charge >= 0.3 is 0 Å². The van der Waals surface area contributed by atoms with E-state index in [-0.39, 0.29) is 22.5 Å². The first-order valence-electron chi connectivity index (χ1n) is 4.59. The third kappa shape index (κ3) is 3.55. The van der Waals surface area contributed by atoms with E-state index in [2.05, 4.69) is 9.44 Å². The molecular formula is C9H13ClN2O3S. The van der Waals surface area contributed by atoms with Gasteiger partial charge in [0.1, 0.15) is 0 Å². The van der Waals surface area contributed by atoms with E-state index < -0.39 is 10.2 Å². The van der Waals surface area contributed by atoms with Crippen molar-refractivity contribution in [2.45, 2.75) is 19.9 Å². The first-order valence-corrected chi connectivity index (χ1v) is 6.45. The second kappa shape index (κ2) is 4.90. The number of aromatic hydroxyl groups is 1. The molecule has 0 aliphatic carbocycles. The Morgan fingerprint density at radius 3 is 2.56 bits per heavy atom. The van der Waals surface area contributed by atoms with Crippen molar-refractivity contribution < 1.29 is 13.5 Å². The highest BCUT2D eigenvalue weighted by molar-refractivity contribution is 7.90. The fourth-order valence-corrected chi connectivity index (χ4v) is 2.39. The third-order valence-corrected chi connectivity index (χ3v) is 3.20. The standard InChI is InChI=1S/C9H13ClN2O3S/c1-6(2)11-16(14,15)12-8-5-3-4-7(10)9(8)13/h3-6,11-13H,1-2H3. The van der Waals surface area contributed by atoms with Crippen LogP contribution in [-0.2, 0) is 10.2 Å². The number of benzene rings is 1. The molecule has 0 spiro atoms. The van der Waals surface area contributed by atoms with Crippen LogP contribution in [0, 0.1) is 0 Å². The second-order valence-corrected chi connectivity index (χ2v) is 5.37. The number of anilines is 1. The molecular weight excluding hydrogens is 252 g/mol. The number of hydrogen-bond donors (Lipinski definition) is 3. The minimum absolute atomic E-state index is 0.0423. The fraction of sp³-hybridized carbons (Fsp3) is 0.333. The van der Waals surface area contributed by atoms with Crippen LogP contribution >= 0.6 is 11.6 Å². The Bertz CT molecular complexity index is 474. The maximum Gasteiger partial charge on any atom is 0.299 e. The molecule has 0 atom stereocenters. The second-order valence-electron chi connectivity index (χ2n) is 3.51. The summed E-state index contributed by atoms with van der Waals surface area (Å²) in [7, 11) is -3.69. The van der Waals surface area contributed by atoms with Gasteiger partial charge in [-0.25, -0.2) is 0 Å². The predicted molar refractivity (Wildman–Crippen MR) is 63.9 cm³/mol. The van der Waals surface area contributed by atoms with Gasteiger partial charge < -0.3 is 5.11 Å². The molecule has 0 radical (unpaired) electrons. The average molecular weight is 265 g/mol. The highest BCUT2D eigenvalue weighted by Gasteiger charge is 2.14. The Morgan fingerprint density at radius 2 is 2.00 bits per heavy atom. The van der Waals surface area contributed by atoms with E-state index in [1.807, 2.05) is 0 Å². The van der Waals surface area contributed by atoms with E-state index in [4.69, 9.17) is 11.6 Å². The number of phenols is 1. The maximum absolute atomic E-state index is 11.5. The Kier molecular flexibility index (Phi) is 4.01. The Hall–Kier alpha value is -0.980. The number of para-hydroxylation sites is 1. The van der Waals surface area contributed by atoms with Gasteiger partial charge in [0, 0.05) is 6.04 Å². The van der Waals surface area contributed by atoms with Gasteiger partial charge in [-0.1, -0.05) is 17.7 Å². The van der Waals surface area contributed by atoms with Crippen molar-refractivity contribution in [3.63, 3.8) is 0 Å². The summed E-state index contributed by atoms with van der Waals surface area (Å²) in [5.74, 6) is -0.293. The minimum Gasteiger partial charge on any atom is -0.504 e. The molecule has 7 heteroatoms. The van der Waals surface area contributed by atoms with Gasteiger partial charge in [-0.05, 0) is 26.0 Å². The number of hydrogen-bond acceptors (Lipinski definition) is 3. The van der Waals surface area contributed by atoms with E-state index in [1.165, 1.54) is 18.2 Å². The molecule has 0 aliphatic heterocycles. The highest BCUT2D eigenvalue weighted by Crippen LogP contribution is 2.31. The monoisotopic (exact) mass is 264 g/mol. The van der Waals surface area contributed by atoms with Crippen LogP contribution in [0.15, 0.2) is 18.2 Å². The summed E-state index contributed by atoms with van der Waals surface area (Å²) >= 11 is 5.64. The molecule has 16 heavy (non-hydrogen) atoms. The lowest BCUT2D eigenvalue weighted by atomic mass is 10.3. The van der Waals surface area contributed by atoms with Crippen LogP contribution in [0.25, 0.3) is 0 Å². The molecule has 1 rings (SSSR count). The number of halogens is 1. The molecule has 0 amide bonds. The van der Waals surface area contributed by atoms with E-state index in [9.17, 15) is 13.5 Å². The van der Waals surface area contributed by atoms with Gasteiger partial charge in [0.2, 0.25) is 0 Å². The van der Waals surface area contributed by atoms with Crippen LogP contribution in [0.5, 0.6) is 5.75 Å². The molecule has 1 aromatic rings. The number of nitrogens with one attached hydrogen (secondary N) is 2. The van der Waals surface area contributed by atoms with Crippen molar-refractivity contribution in [1.29, 1.82) is 0 Å². The lowest BCUT2D eigenvalue weighted by Crippen LogP contribution is -2.35. The summed E-state index contributed by atoms with van der Waals surface area (Å²) in [4.78, 5) is 0. The van der Waals surface area contributed by atoms with E-state index in [0.29, 0.717) is 0 Å². The van der Waals surface area contributed by atoms with Crippen LogP contribution < -0.4 is 9.44 Å². The lowest BCUT2D eigenvalue weighted by molar-refractivity contribution is 0.478. The van der Waals surface area contributed by atoms with Crippen LogP contribution in [0.1, 0.15) is 13.8 Å². The molecule has 3 N–H and O–H groups in total. The van der Waals surface area contributed by atoms with Gasteiger partial charge in [-0.15, -0.1) is 0 Å².